The summed E-state index contributed by atoms with van der Waals surface area (Å²) in [5.41, 5.74) is 1.98. The van der Waals surface area contributed by atoms with Crippen LogP contribution in [-0.4, -0.2) is 53.6 Å². The van der Waals surface area contributed by atoms with Crippen molar-refractivity contribution >= 4 is 22.8 Å². The maximum atomic E-state index is 5.61. The van der Waals surface area contributed by atoms with Crippen LogP contribution in [0.25, 0.3) is 11.0 Å². The Morgan fingerprint density at radius 2 is 2.12 bits per heavy atom. The van der Waals surface area contributed by atoms with Gasteiger partial charge in [-0.2, -0.15) is 9.97 Å². The van der Waals surface area contributed by atoms with Crippen LogP contribution in [0, 0.1) is 6.92 Å². The van der Waals surface area contributed by atoms with Crippen LogP contribution in [0.5, 0.6) is 0 Å². The highest BCUT2D eigenvalue weighted by Crippen LogP contribution is 2.27. The molecule has 138 valence electrons. The molecule has 1 aliphatic heterocycles. The molecule has 3 aromatic rings. The number of hydrogen-bond acceptors (Lipinski definition) is 6. The summed E-state index contributed by atoms with van der Waals surface area (Å²) in [5, 5.41) is 4.57. The molecule has 2 N–H and O–H groups in total. The molecule has 0 aliphatic carbocycles. The Labute approximate surface area is 153 Å². The van der Waals surface area contributed by atoms with Crippen LogP contribution >= 0.6 is 0 Å². The number of hydrogen-bond donors (Lipinski definition) is 2. The number of rotatable bonds is 6. The summed E-state index contributed by atoms with van der Waals surface area (Å²) in [6, 6.07) is 6.17. The minimum atomic E-state index is 0.130. The third kappa shape index (κ3) is 3.26. The fourth-order valence-corrected chi connectivity index (χ4v) is 3.53. The molecule has 7 nitrogen and oxygen atoms in total. The van der Waals surface area contributed by atoms with Crippen molar-refractivity contribution in [3.8, 4) is 0 Å². The maximum Gasteiger partial charge on any atom is 0.229 e. The van der Waals surface area contributed by atoms with Crippen LogP contribution in [0.2, 0.25) is 0 Å². The van der Waals surface area contributed by atoms with Gasteiger partial charge in [0.1, 0.15) is 17.2 Å². The molecular formula is C19H26N6O. The van der Waals surface area contributed by atoms with Gasteiger partial charge in [0.2, 0.25) is 5.95 Å². The smallest absolute Gasteiger partial charge is 0.229 e. The highest BCUT2D eigenvalue weighted by Gasteiger charge is 2.21. The third-order valence-corrected chi connectivity index (χ3v) is 4.96. The second kappa shape index (κ2) is 6.99. The Balaban J connectivity index is 1.64. The Bertz CT molecular complexity index is 864. The van der Waals surface area contributed by atoms with E-state index in [0.717, 1.165) is 47.3 Å². The van der Waals surface area contributed by atoms with Crippen molar-refractivity contribution in [2.75, 3.05) is 43.9 Å². The van der Waals surface area contributed by atoms with Gasteiger partial charge < -0.3 is 19.6 Å². The van der Waals surface area contributed by atoms with Crippen molar-refractivity contribution in [2.45, 2.75) is 25.8 Å². The minimum absolute atomic E-state index is 0.130. The molecule has 0 bridgehead atoms. The number of aryl methyl sites for hydroxylation is 1. The summed E-state index contributed by atoms with van der Waals surface area (Å²) in [4.78, 5) is 17.3. The second-order valence-corrected chi connectivity index (χ2v) is 7.16. The van der Waals surface area contributed by atoms with Crippen molar-refractivity contribution < 1.29 is 4.42 Å². The molecule has 1 aliphatic rings. The van der Waals surface area contributed by atoms with E-state index in [9.17, 15) is 0 Å². The molecule has 0 spiro atoms. The standard InChI is InChI=1S/C19H26N6O/c1-13-11-14-17(20-12-15(24(2)3)16-7-6-10-26-16)22-19(23-18(14)21-13)25-8-4-5-9-25/h6-7,10-11,15H,4-5,8-9,12H2,1-3H3,(H2,20,21,22,23). The summed E-state index contributed by atoms with van der Waals surface area (Å²) in [7, 11) is 4.11. The predicted molar refractivity (Wildman–Crippen MR) is 104 cm³/mol. The first-order valence-electron chi connectivity index (χ1n) is 9.18. The molecule has 0 saturated carbocycles. The van der Waals surface area contributed by atoms with Gasteiger partial charge in [0, 0.05) is 25.3 Å². The molecule has 0 aromatic carbocycles. The molecule has 1 atom stereocenters. The largest absolute Gasteiger partial charge is 0.468 e. The van der Waals surface area contributed by atoms with Gasteiger partial charge in [-0.1, -0.05) is 0 Å². The number of nitrogens with one attached hydrogen (secondary N) is 2. The van der Waals surface area contributed by atoms with Gasteiger partial charge in [-0.05, 0) is 52.1 Å². The lowest BCUT2D eigenvalue weighted by Crippen LogP contribution is -2.27. The van der Waals surface area contributed by atoms with E-state index in [1.807, 2.05) is 19.1 Å². The van der Waals surface area contributed by atoms with Crippen molar-refractivity contribution in [3.63, 3.8) is 0 Å². The van der Waals surface area contributed by atoms with Gasteiger partial charge in [-0.15, -0.1) is 0 Å². The number of likely N-dealkylation sites (N-methyl/N-ethyl adjacent to an activating group) is 1. The van der Waals surface area contributed by atoms with E-state index in [2.05, 4.69) is 40.3 Å². The third-order valence-electron chi connectivity index (χ3n) is 4.96. The number of aromatic amines is 1. The van der Waals surface area contributed by atoms with Crippen LogP contribution in [0.15, 0.2) is 28.9 Å². The summed E-state index contributed by atoms with van der Waals surface area (Å²) >= 11 is 0. The molecule has 3 aromatic heterocycles. The number of fused-ring (bicyclic) bond motifs is 1. The molecule has 1 fully saturated rings. The predicted octanol–water partition coefficient (Wildman–Crippen LogP) is 3.17. The molecule has 4 rings (SSSR count). The van der Waals surface area contributed by atoms with Crippen molar-refractivity contribution in [3.05, 3.63) is 35.9 Å². The number of furan rings is 1. The van der Waals surface area contributed by atoms with E-state index >= 15 is 0 Å². The summed E-state index contributed by atoms with van der Waals surface area (Å²) in [6.45, 7) is 4.80. The van der Waals surface area contributed by atoms with Gasteiger partial charge in [0.05, 0.1) is 17.7 Å². The van der Waals surface area contributed by atoms with E-state index in [-0.39, 0.29) is 6.04 Å². The lowest BCUT2D eigenvalue weighted by atomic mass is 10.2. The molecule has 4 heterocycles. The zero-order chi connectivity index (χ0) is 18.1. The Hall–Kier alpha value is -2.54. The Morgan fingerprint density at radius 3 is 2.81 bits per heavy atom. The SMILES string of the molecule is Cc1cc2c(NCC(c3ccco3)N(C)C)nc(N3CCCC3)nc2[nH]1. The van der Waals surface area contributed by atoms with Crippen LogP contribution in [0.1, 0.15) is 30.3 Å². The van der Waals surface area contributed by atoms with Gasteiger partial charge in [0.15, 0.2) is 0 Å². The first-order valence-corrected chi connectivity index (χ1v) is 9.18. The van der Waals surface area contributed by atoms with Gasteiger partial charge in [-0.25, -0.2) is 0 Å². The molecule has 1 unspecified atom stereocenters. The summed E-state index contributed by atoms with van der Waals surface area (Å²) in [6.07, 6.45) is 4.12. The van der Waals surface area contributed by atoms with Crippen molar-refractivity contribution in [2.24, 2.45) is 0 Å². The second-order valence-electron chi connectivity index (χ2n) is 7.16. The molecular weight excluding hydrogens is 328 g/mol. The van der Waals surface area contributed by atoms with Crippen LogP contribution in [0.4, 0.5) is 11.8 Å². The van der Waals surface area contributed by atoms with E-state index in [4.69, 9.17) is 14.4 Å². The fourth-order valence-electron chi connectivity index (χ4n) is 3.53. The first-order chi connectivity index (χ1) is 12.6. The zero-order valence-corrected chi connectivity index (χ0v) is 15.6. The summed E-state index contributed by atoms with van der Waals surface area (Å²) < 4.78 is 5.61. The fraction of sp³-hybridized carbons (Fsp3) is 0.474. The molecule has 26 heavy (non-hydrogen) atoms. The van der Waals surface area contributed by atoms with Crippen molar-refractivity contribution in [1.82, 2.24) is 19.9 Å². The van der Waals surface area contributed by atoms with Gasteiger partial charge in [0.25, 0.3) is 0 Å². The highest BCUT2D eigenvalue weighted by molar-refractivity contribution is 5.89. The number of nitrogens with zero attached hydrogens (tertiary/aromatic N) is 4. The van der Waals surface area contributed by atoms with Gasteiger partial charge in [-0.3, -0.25) is 4.90 Å². The quantitative estimate of drug-likeness (QED) is 0.708. The van der Waals surface area contributed by atoms with E-state index in [0.29, 0.717) is 6.54 Å². The van der Waals surface area contributed by atoms with E-state index < -0.39 is 0 Å². The molecule has 7 heteroatoms. The average Bonchev–Trinajstić information content (AvgIpc) is 3.35. The highest BCUT2D eigenvalue weighted by atomic mass is 16.3. The minimum Gasteiger partial charge on any atom is -0.468 e. The number of anilines is 2. The molecule has 0 amide bonds. The van der Waals surface area contributed by atoms with Crippen molar-refractivity contribution in [1.29, 1.82) is 0 Å². The monoisotopic (exact) mass is 354 g/mol. The normalized spacial score (nSPS) is 15.9. The summed E-state index contributed by atoms with van der Waals surface area (Å²) in [5.74, 6) is 2.62. The van der Waals surface area contributed by atoms with E-state index in [1.54, 1.807) is 6.26 Å². The topological polar surface area (TPSA) is 73.2 Å². The van der Waals surface area contributed by atoms with Crippen LogP contribution < -0.4 is 10.2 Å². The zero-order valence-electron chi connectivity index (χ0n) is 15.6. The average molecular weight is 354 g/mol. The first kappa shape index (κ1) is 16.9. The van der Waals surface area contributed by atoms with E-state index in [1.165, 1.54) is 12.8 Å². The number of aromatic nitrogens is 3. The van der Waals surface area contributed by atoms with Crippen LogP contribution in [-0.2, 0) is 0 Å². The maximum absolute atomic E-state index is 5.61. The number of H-pyrrole nitrogens is 1. The lowest BCUT2D eigenvalue weighted by Gasteiger charge is -2.23. The van der Waals surface area contributed by atoms with Gasteiger partial charge >= 0.3 is 0 Å². The molecule has 0 radical (unpaired) electrons. The molecule has 1 saturated heterocycles. The van der Waals surface area contributed by atoms with Crippen LogP contribution in [0.3, 0.4) is 0 Å². The Kier molecular flexibility index (Phi) is 4.55. The lowest BCUT2D eigenvalue weighted by molar-refractivity contribution is 0.269. The Morgan fingerprint density at radius 1 is 1.31 bits per heavy atom.